The molecule has 4 heteroatoms. The topological polar surface area (TPSA) is 46.2 Å². The number of nitrogens with one attached hydrogen (secondary N) is 1. The number of ketones is 1. The van der Waals surface area contributed by atoms with Gasteiger partial charge in [0.2, 0.25) is 0 Å². The molecule has 2 aliphatic rings. The molecule has 0 spiro atoms. The van der Waals surface area contributed by atoms with Gasteiger partial charge in [-0.3, -0.25) is 9.59 Å². The molecule has 1 radical (unpaired) electrons. The van der Waals surface area contributed by atoms with Crippen molar-refractivity contribution < 1.29 is 42.3 Å². The zero-order valence-electron chi connectivity index (χ0n) is 15.4. The Morgan fingerprint density at radius 3 is 1.81 bits per heavy atom. The molecule has 2 aromatic rings. The number of amides is 1. The number of fused-ring (bicyclic) bond motifs is 1. The first-order valence-corrected chi connectivity index (χ1v) is 8.19. The predicted octanol–water partition coefficient (Wildman–Crippen LogP) is 4.43. The first-order valence-electron chi connectivity index (χ1n) is 8.19. The number of hydrogen-bond donors (Lipinski definition) is 1. The minimum atomic E-state index is -0.182. The predicted molar refractivity (Wildman–Crippen MR) is 102 cm³/mol. The van der Waals surface area contributed by atoms with Gasteiger partial charge in [-0.1, -0.05) is 74.5 Å². The maximum Gasteiger partial charge on any atom is 0.256 e. The third-order valence-corrected chi connectivity index (χ3v) is 4.07. The Kier molecular flexibility index (Phi) is 8.33. The van der Waals surface area contributed by atoms with E-state index in [2.05, 4.69) is 5.32 Å². The van der Waals surface area contributed by atoms with Crippen LogP contribution < -0.4 is 5.32 Å². The van der Waals surface area contributed by atoms with E-state index in [0.29, 0.717) is 23.3 Å². The fraction of sp³-hybridized carbons (Fsp3) is 0.136. The molecule has 1 N–H and O–H groups in total. The van der Waals surface area contributed by atoms with Crippen LogP contribution in [-0.2, 0) is 42.3 Å². The first kappa shape index (κ1) is 22.2. The summed E-state index contributed by atoms with van der Waals surface area (Å²) < 4.78 is 0. The number of allylic oxidation sites excluding steroid dienone is 1. The van der Waals surface area contributed by atoms with E-state index in [1.54, 1.807) is 0 Å². The molecule has 0 unspecified atom stereocenters. The van der Waals surface area contributed by atoms with Crippen LogP contribution >= 0.6 is 0 Å². The zero-order chi connectivity index (χ0) is 17.1. The molecule has 1 amide bonds. The molecule has 0 bridgehead atoms. The Morgan fingerprint density at radius 1 is 0.769 bits per heavy atom. The molecular formula is C22H22NO2Y-. The van der Waals surface area contributed by atoms with E-state index in [-0.39, 0.29) is 51.8 Å². The molecule has 131 valence electrons. The second kappa shape index (κ2) is 9.75. The van der Waals surface area contributed by atoms with Crippen LogP contribution in [0.5, 0.6) is 0 Å². The molecule has 4 rings (SSSR count). The fourth-order valence-corrected chi connectivity index (χ4v) is 3.09. The minimum absolute atomic E-state index is 0. The van der Waals surface area contributed by atoms with Gasteiger partial charge >= 0.3 is 0 Å². The summed E-state index contributed by atoms with van der Waals surface area (Å²) in [5, 5.41) is 2.86. The second-order valence-electron chi connectivity index (χ2n) is 5.39. The van der Waals surface area contributed by atoms with Crippen LogP contribution in [-0.4, -0.2) is 11.7 Å². The molecular weight excluding hydrogens is 399 g/mol. The van der Waals surface area contributed by atoms with Gasteiger partial charge in [0.1, 0.15) is 0 Å². The van der Waals surface area contributed by atoms with Gasteiger partial charge in [-0.2, -0.15) is 0 Å². The average molecular weight is 421 g/mol. The maximum atomic E-state index is 12.5. The summed E-state index contributed by atoms with van der Waals surface area (Å²) in [6.07, 6.45) is 0.290. The van der Waals surface area contributed by atoms with Crippen LogP contribution in [0.15, 0.2) is 71.8 Å². The Morgan fingerprint density at radius 2 is 1.27 bits per heavy atom. The Balaban J connectivity index is 0.000000818. The van der Waals surface area contributed by atoms with Gasteiger partial charge in [0.05, 0.1) is 16.8 Å². The Labute approximate surface area is 180 Å². The third-order valence-electron chi connectivity index (χ3n) is 4.07. The number of benzene rings is 2. The summed E-state index contributed by atoms with van der Waals surface area (Å²) >= 11 is 0. The van der Waals surface area contributed by atoms with Crippen molar-refractivity contribution in [1.29, 1.82) is 0 Å². The molecule has 26 heavy (non-hydrogen) atoms. The summed E-state index contributed by atoms with van der Waals surface area (Å²) in [6.45, 7) is 4.00. The van der Waals surface area contributed by atoms with Crippen LogP contribution in [0.1, 0.15) is 31.4 Å². The van der Waals surface area contributed by atoms with Gasteiger partial charge in [-0.05, 0) is 16.7 Å². The molecule has 0 fully saturated rings. The third kappa shape index (κ3) is 3.95. The van der Waals surface area contributed by atoms with Crippen LogP contribution in [0.4, 0.5) is 0 Å². The van der Waals surface area contributed by atoms with Gasteiger partial charge in [0.25, 0.3) is 5.91 Å². The summed E-state index contributed by atoms with van der Waals surface area (Å²) in [4.78, 5) is 24.9. The molecule has 0 saturated carbocycles. The quantitative estimate of drug-likeness (QED) is 0.730. The van der Waals surface area contributed by atoms with Gasteiger partial charge in [0, 0.05) is 39.1 Å². The van der Waals surface area contributed by atoms with E-state index >= 15 is 0 Å². The SMILES string of the molecule is CC.O=C1CC(c2ccccc2)=C2C(=O)NC(c3ccccc3)=C12.[CH3-].[Y]. The molecule has 1 heterocycles. The van der Waals surface area contributed by atoms with Crippen LogP contribution in [0, 0.1) is 7.43 Å². The largest absolute Gasteiger partial charge is 0.358 e. The molecule has 1 aliphatic carbocycles. The smallest absolute Gasteiger partial charge is 0.256 e. The van der Waals surface area contributed by atoms with Crippen molar-refractivity contribution in [1.82, 2.24) is 5.32 Å². The van der Waals surface area contributed by atoms with Crippen molar-refractivity contribution in [2.75, 3.05) is 0 Å². The van der Waals surface area contributed by atoms with Gasteiger partial charge in [0.15, 0.2) is 5.78 Å². The number of carbonyl (C=O) groups is 2. The molecule has 1 aliphatic heterocycles. The second-order valence-corrected chi connectivity index (χ2v) is 5.39. The van der Waals surface area contributed by atoms with Crippen molar-refractivity contribution in [2.45, 2.75) is 20.3 Å². The number of Topliss-reactive ketones (excluding diaryl/α,β-unsaturated/α-hetero) is 1. The average Bonchev–Trinajstić information content (AvgIpc) is 3.17. The summed E-state index contributed by atoms with van der Waals surface area (Å²) in [6, 6.07) is 19.1. The van der Waals surface area contributed by atoms with E-state index in [1.807, 2.05) is 74.5 Å². The van der Waals surface area contributed by atoms with Crippen molar-refractivity contribution in [2.24, 2.45) is 0 Å². The van der Waals surface area contributed by atoms with Crippen LogP contribution in [0.3, 0.4) is 0 Å². The van der Waals surface area contributed by atoms with Crippen molar-refractivity contribution >= 4 is 23.0 Å². The Bertz CT molecular complexity index is 779. The molecule has 0 aromatic heterocycles. The van der Waals surface area contributed by atoms with Crippen LogP contribution in [0.25, 0.3) is 11.3 Å². The molecule has 3 nitrogen and oxygen atoms in total. The number of rotatable bonds is 2. The first-order chi connectivity index (χ1) is 11.8. The van der Waals surface area contributed by atoms with E-state index in [9.17, 15) is 9.59 Å². The van der Waals surface area contributed by atoms with Gasteiger partial charge < -0.3 is 12.7 Å². The zero-order valence-corrected chi connectivity index (χ0v) is 18.2. The molecule has 0 saturated heterocycles. The summed E-state index contributed by atoms with van der Waals surface area (Å²) in [5.74, 6) is -0.176. The molecule has 0 atom stereocenters. The van der Waals surface area contributed by atoms with Crippen molar-refractivity contribution in [3.63, 3.8) is 0 Å². The molecule has 2 aromatic carbocycles. The van der Waals surface area contributed by atoms with E-state index < -0.39 is 0 Å². The normalized spacial score (nSPS) is 14.7. The van der Waals surface area contributed by atoms with Gasteiger partial charge in [-0.15, -0.1) is 0 Å². The number of hydrogen-bond acceptors (Lipinski definition) is 2. The summed E-state index contributed by atoms with van der Waals surface area (Å²) in [5.41, 5.74) is 4.33. The monoisotopic (exact) mass is 421 g/mol. The van der Waals surface area contributed by atoms with Gasteiger partial charge in [-0.25, -0.2) is 0 Å². The van der Waals surface area contributed by atoms with E-state index in [0.717, 1.165) is 16.7 Å². The van der Waals surface area contributed by atoms with E-state index in [1.165, 1.54) is 0 Å². The van der Waals surface area contributed by atoms with Crippen molar-refractivity contribution in [3.05, 3.63) is 90.4 Å². The standard InChI is InChI=1S/C19H13NO2.C2H6.CH3.Y/c21-15-11-14(12-7-3-1-4-8-12)16-17(15)18(20-19(16)22)13-9-5-2-6-10-13;1-2;;/h1-10H,11H2,(H,20,22);1-2H3;1H3;/q;;-1;. The minimum Gasteiger partial charge on any atom is -0.358 e. The van der Waals surface area contributed by atoms with E-state index in [4.69, 9.17) is 0 Å². The van der Waals surface area contributed by atoms with Crippen LogP contribution in [0.2, 0.25) is 0 Å². The maximum absolute atomic E-state index is 12.5. The number of carbonyl (C=O) groups excluding carboxylic acids is 2. The van der Waals surface area contributed by atoms with Crippen molar-refractivity contribution in [3.8, 4) is 0 Å². The fourth-order valence-electron chi connectivity index (χ4n) is 3.09. The summed E-state index contributed by atoms with van der Waals surface area (Å²) in [7, 11) is 0. The Hall–Kier alpha value is -1.84.